The van der Waals surface area contributed by atoms with E-state index >= 15 is 0 Å². The molecule has 0 saturated heterocycles. The number of hydrogen-bond acceptors (Lipinski definition) is 5. The standard InChI is InChI=1S/C22H21BrN2O5S/c1-29-20-13-12-18(14-21(20)30-2)25(31(27,28)19-6-4-3-5-7-19)15-22(26)24-17-10-8-16(23)9-11-17/h3-14H,15H2,1-2H3,(H,24,26). The zero-order chi connectivity index (χ0) is 22.4. The van der Waals surface area contributed by atoms with Crippen molar-refractivity contribution in [3.8, 4) is 11.5 Å². The first-order chi connectivity index (χ1) is 14.8. The largest absolute Gasteiger partial charge is 0.493 e. The van der Waals surface area contributed by atoms with Crippen LogP contribution < -0.4 is 19.1 Å². The Kier molecular flexibility index (Phi) is 7.19. The number of nitrogens with zero attached hydrogens (tertiary/aromatic N) is 1. The van der Waals surface area contributed by atoms with Crippen molar-refractivity contribution in [2.45, 2.75) is 4.90 Å². The van der Waals surface area contributed by atoms with E-state index in [1.807, 2.05) is 0 Å². The van der Waals surface area contributed by atoms with E-state index < -0.39 is 22.5 Å². The highest BCUT2D eigenvalue weighted by atomic mass is 79.9. The van der Waals surface area contributed by atoms with Crippen LogP contribution in [0.2, 0.25) is 0 Å². The van der Waals surface area contributed by atoms with Gasteiger partial charge < -0.3 is 14.8 Å². The molecule has 0 aliphatic rings. The van der Waals surface area contributed by atoms with Crippen molar-refractivity contribution in [1.29, 1.82) is 0 Å². The Morgan fingerprint density at radius 1 is 0.935 bits per heavy atom. The van der Waals surface area contributed by atoms with Crippen LogP contribution >= 0.6 is 15.9 Å². The Balaban J connectivity index is 1.98. The van der Waals surface area contributed by atoms with Crippen molar-refractivity contribution in [2.24, 2.45) is 0 Å². The molecule has 3 aromatic carbocycles. The molecule has 7 nitrogen and oxygen atoms in total. The summed E-state index contributed by atoms with van der Waals surface area (Å²) in [4.78, 5) is 12.8. The van der Waals surface area contributed by atoms with Gasteiger partial charge in [0.2, 0.25) is 5.91 Å². The van der Waals surface area contributed by atoms with Gasteiger partial charge in [-0.25, -0.2) is 8.42 Å². The Morgan fingerprint density at radius 3 is 2.19 bits per heavy atom. The molecule has 0 aromatic heterocycles. The molecule has 0 saturated carbocycles. The van der Waals surface area contributed by atoms with Crippen molar-refractivity contribution < 1.29 is 22.7 Å². The number of methoxy groups -OCH3 is 2. The first kappa shape index (κ1) is 22.6. The summed E-state index contributed by atoms with van der Waals surface area (Å²) < 4.78 is 39.2. The van der Waals surface area contributed by atoms with E-state index in [1.54, 1.807) is 54.6 Å². The van der Waals surface area contributed by atoms with Crippen LogP contribution in [0, 0.1) is 0 Å². The third kappa shape index (κ3) is 5.36. The molecular formula is C22H21BrN2O5S. The normalized spacial score (nSPS) is 10.9. The van der Waals surface area contributed by atoms with Crippen LogP contribution in [0.15, 0.2) is 82.2 Å². The summed E-state index contributed by atoms with van der Waals surface area (Å²) in [5, 5.41) is 2.72. The van der Waals surface area contributed by atoms with Crippen LogP contribution in [0.4, 0.5) is 11.4 Å². The molecule has 0 atom stereocenters. The molecule has 1 amide bonds. The maximum Gasteiger partial charge on any atom is 0.264 e. The fourth-order valence-electron chi connectivity index (χ4n) is 2.88. The number of halogens is 1. The van der Waals surface area contributed by atoms with Gasteiger partial charge in [-0.2, -0.15) is 0 Å². The number of benzene rings is 3. The van der Waals surface area contributed by atoms with Crippen LogP contribution in [0.3, 0.4) is 0 Å². The second-order valence-electron chi connectivity index (χ2n) is 6.42. The molecule has 0 fully saturated rings. The second-order valence-corrected chi connectivity index (χ2v) is 9.20. The molecule has 0 unspecified atom stereocenters. The van der Waals surface area contributed by atoms with E-state index in [0.717, 1.165) is 8.78 Å². The highest BCUT2D eigenvalue weighted by molar-refractivity contribution is 9.10. The summed E-state index contributed by atoms with van der Waals surface area (Å²) in [5.41, 5.74) is 0.824. The summed E-state index contributed by atoms with van der Waals surface area (Å²) >= 11 is 3.34. The van der Waals surface area contributed by atoms with Crippen molar-refractivity contribution >= 4 is 43.2 Å². The van der Waals surface area contributed by atoms with E-state index in [2.05, 4.69) is 21.2 Å². The summed E-state index contributed by atoms with van der Waals surface area (Å²) in [5.74, 6) is 0.306. The number of ether oxygens (including phenoxy) is 2. The third-order valence-electron chi connectivity index (χ3n) is 4.40. The molecular weight excluding hydrogens is 484 g/mol. The van der Waals surface area contributed by atoms with Crippen molar-refractivity contribution in [1.82, 2.24) is 0 Å². The van der Waals surface area contributed by atoms with Gasteiger partial charge in [0.15, 0.2) is 11.5 Å². The highest BCUT2D eigenvalue weighted by Crippen LogP contribution is 2.33. The minimum absolute atomic E-state index is 0.0706. The first-order valence-corrected chi connectivity index (χ1v) is 11.4. The quantitative estimate of drug-likeness (QED) is 0.494. The van der Waals surface area contributed by atoms with Gasteiger partial charge in [0.05, 0.1) is 24.8 Å². The van der Waals surface area contributed by atoms with Gasteiger partial charge in [0.1, 0.15) is 6.54 Å². The topological polar surface area (TPSA) is 84.9 Å². The number of anilines is 2. The molecule has 0 aliphatic heterocycles. The summed E-state index contributed by atoms with van der Waals surface area (Å²) in [6, 6.07) is 19.6. The summed E-state index contributed by atoms with van der Waals surface area (Å²) in [6.45, 7) is -0.428. The lowest BCUT2D eigenvalue weighted by molar-refractivity contribution is -0.114. The van der Waals surface area contributed by atoms with Crippen LogP contribution in [0.25, 0.3) is 0 Å². The minimum atomic E-state index is -4.02. The number of carbonyl (C=O) groups is 1. The van der Waals surface area contributed by atoms with E-state index in [4.69, 9.17) is 9.47 Å². The predicted octanol–water partition coefficient (Wildman–Crippen LogP) is 4.30. The summed E-state index contributed by atoms with van der Waals surface area (Å²) in [7, 11) is -1.08. The number of rotatable bonds is 8. The first-order valence-electron chi connectivity index (χ1n) is 9.20. The molecule has 0 bridgehead atoms. The van der Waals surface area contributed by atoms with Crippen molar-refractivity contribution in [3.63, 3.8) is 0 Å². The van der Waals surface area contributed by atoms with E-state index in [-0.39, 0.29) is 10.6 Å². The number of nitrogens with one attached hydrogen (secondary N) is 1. The fraction of sp³-hybridized carbons (Fsp3) is 0.136. The lowest BCUT2D eigenvalue weighted by Crippen LogP contribution is -2.38. The average molecular weight is 505 g/mol. The lowest BCUT2D eigenvalue weighted by atomic mass is 10.2. The Labute approximate surface area is 189 Å². The summed E-state index contributed by atoms with van der Waals surface area (Å²) in [6.07, 6.45) is 0. The smallest absolute Gasteiger partial charge is 0.264 e. The number of hydrogen-bond donors (Lipinski definition) is 1. The van der Waals surface area contributed by atoms with Crippen LogP contribution in [0.1, 0.15) is 0 Å². The van der Waals surface area contributed by atoms with Gasteiger partial charge in [-0.05, 0) is 48.5 Å². The molecule has 3 aromatic rings. The molecule has 0 radical (unpaired) electrons. The molecule has 0 heterocycles. The van der Waals surface area contributed by atoms with Crippen molar-refractivity contribution in [3.05, 3.63) is 77.3 Å². The number of sulfonamides is 1. The highest BCUT2D eigenvalue weighted by Gasteiger charge is 2.28. The monoisotopic (exact) mass is 504 g/mol. The molecule has 162 valence electrons. The zero-order valence-corrected chi connectivity index (χ0v) is 19.3. The fourth-order valence-corrected chi connectivity index (χ4v) is 4.58. The maximum absolute atomic E-state index is 13.4. The van der Waals surface area contributed by atoms with E-state index in [1.165, 1.54) is 32.4 Å². The Morgan fingerprint density at radius 2 is 1.58 bits per heavy atom. The van der Waals surface area contributed by atoms with Gasteiger partial charge in [0, 0.05) is 16.2 Å². The second kappa shape index (κ2) is 9.84. The Hall–Kier alpha value is -3.04. The third-order valence-corrected chi connectivity index (χ3v) is 6.72. The average Bonchev–Trinajstić information content (AvgIpc) is 2.79. The zero-order valence-electron chi connectivity index (χ0n) is 16.9. The maximum atomic E-state index is 13.4. The number of amides is 1. The van der Waals surface area contributed by atoms with Crippen LogP contribution in [-0.2, 0) is 14.8 Å². The van der Waals surface area contributed by atoms with Gasteiger partial charge in [-0.15, -0.1) is 0 Å². The number of carbonyl (C=O) groups excluding carboxylic acids is 1. The molecule has 31 heavy (non-hydrogen) atoms. The molecule has 0 spiro atoms. The van der Waals surface area contributed by atoms with E-state index in [9.17, 15) is 13.2 Å². The molecule has 9 heteroatoms. The molecule has 1 N–H and O–H groups in total. The molecule has 3 rings (SSSR count). The predicted molar refractivity (Wildman–Crippen MR) is 123 cm³/mol. The lowest BCUT2D eigenvalue weighted by Gasteiger charge is -2.25. The van der Waals surface area contributed by atoms with Gasteiger partial charge >= 0.3 is 0 Å². The van der Waals surface area contributed by atoms with Gasteiger partial charge in [0.25, 0.3) is 10.0 Å². The Bertz CT molecular complexity index is 1150. The van der Waals surface area contributed by atoms with Crippen LogP contribution in [-0.4, -0.2) is 35.1 Å². The van der Waals surface area contributed by atoms with E-state index in [0.29, 0.717) is 17.2 Å². The van der Waals surface area contributed by atoms with Gasteiger partial charge in [-0.1, -0.05) is 34.1 Å². The van der Waals surface area contributed by atoms with Gasteiger partial charge in [-0.3, -0.25) is 9.10 Å². The van der Waals surface area contributed by atoms with Crippen LogP contribution in [0.5, 0.6) is 11.5 Å². The molecule has 0 aliphatic carbocycles. The minimum Gasteiger partial charge on any atom is -0.493 e. The van der Waals surface area contributed by atoms with Crippen molar-refractivity contribution in [2.75, 3.05) is 30.4 Å². The SMILES string of the molecule is COc1ccc(N(CC(=O)Nc2ccc(Br)cc2)S(=O)(=O)c2ccccc2)cc1OC.